The molecule has 0 amide bonds. The van der Waals surface area contributed by atoms with E-state index in [-0.39, 0.29) is 5.82 Å². The van der Waals surface area contributed by atoms with Crippen molar-refractivity contribution in [3.05, 3.63) is 29.6 Å². The van der Waals surface area contributed by atoms with Crippen LogP contribution in [0, 0.1) is 12.7 Å². The van der Waals surface area contributed by atoms with E-state index in [9.17, 15) is 4.39 Å². The second kappa shape index (κ2) is 6.19. The first-order valence-electron chi connectivity index (χ1n) is 6.94. The number of likely N-dealkylation sites (tertiary alicyclic amines) is 1. The van der Waals surface area contributed by atoms with E-state index in [0.717, 1.165) is 31.5 Å². The van der Waals surface area contributed by atoms with Gasteiger partial charge in [0, 0.05) is 19.1 Å². The van der Waals surface area contributed by atoms with Crippen molar-refractivity contribution in [3.8, 4) is 0 Å². The molecule has 0 unspecified atom stereocenters. The first kappa shape index (κ1) is 13.3. The van der Waals surface area contributed by atoms with Gasteiger partial charge in [-0.2, -0.15) is 0 Å². The summed E-state index contributed by atoms with van der Waals surface area (Å²) < 4.78 is 13.6. The van der Waals surface area contributed by atoms with Gasteiger partial charge in [-0.1, -0.05) is 13.0 Å². The van der Waals surface area contributed by atoms with E-state index in [1.165, 1.54) is 13.0 Å². The third kappa shape index (κ3) is 3.45. The second-order valence-corrected chi connectivity index (χ2v) is 5.24. The molecule has 0 aromatic heterocycles. The molecule has 1 aliphatic rings. The molecule has 1 saturated heterocycles. The molecule has 1 fully saturated rings. The fourth-order valence-electron chi connectivity index (χ4n) is 2.59. The van der Waals surface area contributed by atoms with Gasteiger partial charge in [0.15, 0.2) is 0 Å². The molecule has 0 radical (unpaired) electrons. The fraction of sp³-hybridized carbons (Fsp3) is 0.600. The molecule has 1 N–H and O–H groups in total. The van der Waals surface area contributed by atoms with Gasteiger partial charge < -0.3 is 10.2 Å². The zero-order chi connectivity index (χ0) is 13.0. The topological polar surface area (TPSA) is 15.3 Å². The Kier molecular flexibility index (Phi) is 4.59. The summed E-state index contributed by atoms with van der Waals surface area (Å²) in [7, 11) is 0. The molecule has 1 heterocycles. The van der Waals surface area contributed by atoms with Crippen molar-refractivity contribution in [3.63, 3.8) is 0 Å². The lowest BCUT2D eigenvalue weighted by molar-refractivity contribution is 0.219. The third-order valence-corrected chi connectivity index (χ3v) is 3.61. The number of nitrogens with one attached hydrogen (secondary N) is 1. The average molecular weight is 250 g/mol. The van der Waals surface area contributed by atoms with Gasteiger partial charge in [0.05, 0.1) is 5.69 Å². The maximum Gasteiger partial charge on any atom is 0.146 e. The van der Waals surface area contributed by atoms with E-state index in [4.69, 9.17) is 0 Å². The first-order chi connectivity index (χ1) is 8.69. The van der Waals surface area contributed by atoms with Crippen molar-refractivity contribution >= 4 is 5.69 Å². The van der Waals surface area contributed by atoms with Gasteiger partial charge in [-0.15, -0.1) is 0 Å². The molecule has 0 aliphatic carbocycles. The molecule has 1 aliphatic heterocycles. The SMILES string of the molecule is CCCN1CCC(Nc2cc(C)ccc2F)CC1. The van der Waals surface area contributed by atoms with Gasteiger partial charge in [0.2, 0.25) is 0 Å². The molecular formula is C15H23FN2. The fourth-order valence-corrected chi connectivity index (χ4v) is 2.59. The molecule has 1 aromatic carbocycles. The van der Waals surface area contributed by atoms with Crippen LogP contribution in [0.3, 0.4) is 0 Å². The Morgan fingerprint density at radius 1 is 1.33 bits per heavy atom. The Morgan fingerprint density at radius 2 is 2.06 bits per heavy atom. The highest BCUT2D eigenvalue weighted by atomic mass is 19.1. The van der Waals surface area contributed by atoms with Gasteiger partial charge in [-0.05, 0) is 50.4 Å². The lowest BCUT2D eigenvalue weighted by Crippen LogP contribution is -2.39. The van der Waals surface area contributed by atoms with E-state index >= 15 is 0 Å². The minimum absolute atomic E-state index is 0.142. The average Bonchev–Trinajstić information content (AvgIpc) is 2.37. The van der Waals surface area contributed by atoms with Crippen molar-refractivity contribution in [2.24, 2.45) is 0 Å². The van der Waals surface area contributed by atoms with Crippen LogP contribution < -0.4 is 5.32 Å². The van der Waals surface area contributed by atoms with E-state index in [1.54, 1.807) is 6.07 Å². The predicted molar refractivity (Wildman–Crippen MR) is 74.5 cm³/mol. The van der Waals surface area contributed by atoms with Crippen LogP contribution in [0.15, 0.2) is 18.2 Å². The Labute approximate surface area is 109 Å². The predicted octanol–water partition coefficient (Wildman–Crippen LogP) is 3.42. The van der Waals surface area contributed by atoms with Crippen molar-refractivity contribution < 1.29 is 4.39 Å². The minimum atomic E-state index is -0.142. The molecule has 100 valence electrons. The van der Waals surface area contributed by atoms with E-state index in [0.29, 0.717) is 11.7 Å². The van der Waals surface area contributed by atoms with Crippen LogP contribution >= 0.6 is 0 Å². The van der Waals surface area contributed by atoms with E-state index in [1.807, 2.05) is 19.1 Å². The van der Waals surface area contributed by atoms with Crippen LogP contribution in [0.25, 0.3) is 0 Å². The smallest absolute Gasteiger partial charge is 0.146 e. The summed E-state index contributed by atoms with van der Waals surface area (Å²) in [6.07, 6.45) is 3.42. The molecule has 2 rings (SSSR count). The Hall–Kier alpha value is -1.09. The monoisotopic (exact) mass is 250 g/mol. The standard InChI is InChI=1S/C15H23FN2/c1-3-8-18-9-6-13(7-10-18)17-15-11-12(2)4-5-14(15)16/h4-5,11,13,17H,3,6-10H2,1-2H3. The van der Waals surface area contributed by atoms with E-state index in [2.05, 4.69) is 17.1 Å². The highest BCUT2D eigenvalue weighted by molar-refractivity contribution is 5.47. The number of hydrogen-bond donors (Lipinski definition) is 1. The summed E-state index contributed by atoms with van der Waals surface area (Å²) in [5, 5.41) is 3.35. The number of halogens is 1. The van der Waals surface area contributed by atoms with Gasteiger partial charge in [-0.3, -0.25) is 0 Å². The quantitative estimate of drug-likeness (QED) is 0.881. The lowest BCUT2D eigenvalue weighted by Gasteiger charge is -2.32. The van der Waals surface area contributed by atoms with Crippen LogP contribution in [0.1, 0.15) is 31.7 Å². The van der Waals surface area contributed by atoms with Gasteiger partial charge in [-0.25, -0.2) is 4.39 Å². The van der Waals surface area contributed by atoms with Crippen molar-refractivity contribution in [2.75, 3.05) is 25.0 Å². The second-order valence-electron chi connectivity index (χ2n) is 5.24. The number of hydrogen-bond acceptors (Lipinski definition) is 2. The summed E-state index contributed by atoms with van der Waals surface area (Å²) in [5.74, 6) is -0.142. The molecule has 2 nitrogen and oxygen atoms in total. The van der Waals surface area contributed by atoms with E-state index < -0.39 is 0 Å². The van der Waals surface area contributed by atoms with Crippen LogP contribution in [0.4, 0.5) is 10.1 Å². The van der Waals surface area contributed by atoms with Crippen molar-refractivity contribution in [1.29, 1.82) is 0 Å². The molecule has 0 spiro atoms. The van der Waals surface area contributed by atoms with Gasteiger partial charge in [0.25, 0.3) is 0 Å². The van der Waals surface area contributed by atoms with Crippen molar-refractivity contribution in [1.82, 2.24) is 4.90 Å². The summed E-state index contributed by atoms with van der Waals surface area (Å²) >= 11 is 0. The van der Waals surface area contributed by atoms with Gasteiger partial charge >= 0.3 is 0 Å². The number of benzene rings is 1. The zero-order valence-corrected chi connectivity index (χ0v) is 11.4. The number of aryl methyl sites for hydroxylation is 1. The molecule has 3 heteroatoms. The minimum Gasteiger partial charge on any atom is -0.380 e. The van der Waals surface area contributed by atoms with Crippen molar-refractivity contribution in [2.45, 2.75) is 39.2 Å². The van der Waals surface area contributed by atoms with Crippen LogP contribution in [-0.2, 0) is 0 Å². The number of rotatable bonds is 4. The maximum absolute atomic E-state index is 13.6. The number of nitrogens with zero attached hydrogens (tertiary/aromatic N) is 1. The maximum atomic E-state index is 13.6. The highest BCUT2D eigenvalue weighted by Crippen LogP contribution is 2.20. The highest BCUT2D eigenvalue weighted by Gasteiger charge is 2.19. The van der Waals surface area contributed by atoms with Crippen LogP contribution in [-0.4, -0.2) is 30.6 Å². The number of anilines is 1. The molecular weight excluding hydrogens is 227 g/mol. The third-order valence-electron chi connectivity index (χ3n) is 3.61. The normalized spacial score (nSPS) is 17.9. The summed E-state index contributed by atoms with van der Waals surface area (Å²) in [5.41, 5.74) is 1.76. The lowest BCUT2D eigenvalue weighted by atomic mass is 10.0. The van der Waals surface area contributed by atoms with Crippen LogP contribution in [0.5, 0.6) is 0 Å². The Morgan fingerprint density at radius 3 is 2.72 bits per heavy atom. The molecule has 0 saturated carbocycles. The molecule has 0 bridgehead atoms. The van der Waals surface area contributed by atoms with Gasteiger partial charge in [0.1, 0.15) is 5.82 Å². The Balaban J connectivity index is 1.89. The molecule has 1 aromatic rings. The number of piperidine rings is 1. The summed E-state index contributed by atoms with van der Waals surface area (Å²) in [4.78, 5) is 2.49. The zero-order valence-electron chi connectivity index (χ0n) is 11.4. The summed E-state index contributed by atoms with van der Waals surface area (Å²) in [6.45, 7) is 7.64. The summed E-state index contributed by atoms with van der Waals surface area (Å²) in [6, 6.07) is 5.66. The molecule has 0 atom stereocenters. The molecule has 18 heavy (non-hydrogen) atoms. The van der Waals surface area contributed by atoms with Crippen LogP contribution in [0.2, 0.25) is 0 Å². The largest absolute Gasteiger partial charge is 0.380 e. The first-order valence-corrected chi connectivity index (χ1v) is 6.94. The Bertz CT molecular complexity index is 384.